The first-order chi connectivity index (χ1) is 16.3. The molecule has 0 saturated carbocycles. The molecular weight excluding hydrogens is 460 g/mol. The SMILES string of the molecule is CC1=C(C(=O)Nc2cccc([N+](=O)[O-])c2)C(c2cccc(Oc3ccc(Cl)cc3)c2)NC(=O)N1. The smallest absolute Gasteiger partial charge is 0.319 e. The molecule has 0 saturated heterocycles. The molecular formula is C24H19ClN4O5. The fraction of sp³-hybridized carbons (Fsp3) is 0.0833. The molecule has 0 fully saturated rings. The number of allylic oxidation sites excluding steroid dienone is 1. The zero-order chi connectivity index (χ0) is 24.2. The number of benzene rings is 3. The molecule has 9 nitrogen and oxygen atoms in total. The van der Waals surface area contributed by atoms with Crippen LogP contribution >= 0.6 is 11.6 Å². The second-order valence-electron chi connectivity index (χ2n) is 7.46. The normalized spacial score (nSPS) is 15.2. The zero-order valence-electron chi connectivity index (χ0n) is 17.9. The molecule has 3 aromatic carbocycles. The summed E-state index contributed by atoms with van der Waals surface area (Å²) in [4.78, 5) is 35.9. The van der Waals surface area contributed by atoms with Crippen molar-refractivity contribution < 1.29 is 19.2 Å². The van der Waals surface area contributed by atoms with Crippen molar-refractivity contribution in [2.75, 3.05) is 5.32 Å². The molecule has 4 rings (SSSR count). The second-order valence-corrected chi connectivity index (χ2v) is 7.90. The summed E-state index contributed by atoms with van der Waals surface area (Å²) in [5.41, 5.74) is 1.34. The Morgan fingerprint density at radius 2 is 1.79 bits per heavy atom. The van der Waals surface area contributed by atoms with Gasteiger partial charge in [0.2, 0.25) is 0 Å². The highest BCUT2D eigenvalue weighted by molar-refractivity contribution is 6.30. The monoisotopic (exact) mass is 478 g/mol. The van der Waals surface area contributed by atoms with Gasteiger partial charge >= 0.3 is 6.03 Å². The number of rotatable bonds is 6. The largest absolute Gasteiger partial charge is 0.457 e. The molecule has 1 unspecified atom stereocenters. The van der Waals surface area contributed by atoms with Crippen molar-refractivity contribution in [2.24, 2.45) is 0 Å². The van der Waals surface area contributed by atoms with E-state index in [4.69, 9.17) is 16.3 Å². The summed E-state index contributed by atoms with van der Waals surface area (Å²) in [6, 6.07) is 18.2. The third-order valence-corrected chi connectivity index (χ3v) is 5.32. The van der Waals surface area contributed by atoms with Crippen LogP contribution in [0.5, 0.6) is 11.5 Å². The Labute approximate surface area is 199 Å². The lowest BCUT2D eigenvalue weighted by molar-refractivity contribution is -0.384. The van der Waals surface area contributed by atoms with Crippen LogP contribution in [-0.4, -0.2) is 16.9 Å². The summed E-state index contributed by atoms with van der Waals surface area (Å²) in [6.07, 6.45) is 0. The minimum absolute atomic E-state index is 0.151. The van der Waals surface area contributed by atoms with Crippen LogP contribution in [0.2, 0.25) is 5.02 Å². The van der Waals surface area contributed by atoms with Gasteiger partial charge in [0, 0.05) is 28.5 Å². The van der Waals surface area contributed by atoms with Crippen molar-refractivity contribution >= 4 is 34.9 Å². The average molecular weight is 479 g/mol. The Balaban J connectivity index is 1.62. The molecule has 1 atom stereocenters. The van der Waals surface area contributed by atoms with Crippen LogP contribution in [0.1, 0.15) is 18.5 Å². The first kappa shape index (κ1) is 22.8. The Hall–Kier alpha value is -4.37. The summed E-state index contributed by atoms with van der Waals surface area (Å²) in [5.74, 6) is 0.564. The molecule has 34 heavy (non-hydrogen) atoms. The van der Waals surface area contributed by atoms with E-state index >= 15 is 0 Å². The van der Waals surface area contributed by atoms with E-state index < -0.39 is 22.9 Å². The predicted octanol–water partition coefficient (Wildman–Crippen LogP) is 5.31. The van der Waals surface area contributed by atoms with E-state index in [1.807, 2.05) is 0 Å². The Bertz CT molecular complexity index is 1310. The summed E-state index contributed by atoms with van der Waals surface area (Å²) >= 11 is 5.92. The van der Waals surface area contributed by atoms with Crippen LogP contribution in [-0.2, 0) is 4.79 Å². The van der Waals surface area contributed by atoms with E-state index in [1.54, 1.807) is 61.5 Å². The third kappa shape index (κ3) is 5.16. The number of amides is 3. The van der Waals surface area contributed by atoms with E-state index in [1.165, 1.54) is 18.2 Å². The van der Waals surface area contributed by atoms with Gasteiger partial charge in [-0.05, 0) is 55.0 Å². The molecule has 10 heteroatoms. The quantitative estimate of drug-likeness (QED) is 0.327. The summed E-state index contributed by atoms with van der Waals surface area (Å²) in [7, 11) is 0. The number of nitro groups is 1. The maximum atomic E-state index is 13.2. The van der Waals surface area contributed by atoms with E-state index in [0.717, 1.165) is 0 Å². The molecule has 3 aromatic rings. The van der Waals surface area contributed by atoms with E-state index in [0.29, 0.717) is 27.8 Å². The summed E-state index contributed by atoms with van der Waals surface area (Å²) < 4.78 is 5.88. The van der Waals surface area contributed by atoms with Gasteiger partial charge in [-0.1, -0.05) is 29.8 Å². The van der Waals surface area contributed by atoms with Crippen LogP contribution in [0.15, 0.2) is 84.1 Å². The van der Waals surface area contributed by atoms with Gasteiger partial charge in [0.05, 0.1) is 16.5 Å². The topological polar surface area (TPSA) is 123 Å². The van der Waals surface area contributed by atoms with Gasteiger partial charge < -0.3 is 20.7 Å². The highest BCUT2D eigenvalue weighted by Crippen LogP contribution is 2.32. The van der Waals surface area contributed by atoms with Crippen LogP contribution in [0.25, 0.3) is 0 Å². The van der Waals surface area contributed by atoms with Crippen molar-refractivity contribution in [1.29, 1.82) is 0 Å². The van der Waals surface area contributed by atoms with E-state index in [-0.39, 0.29) is 16.9 Å². The fourth-order valence-corrected chi connectivity index (χ4v) is 3.66. The number of nitro benzene ring substituents is 1. The molecule has 1 aliphatic heterocycles. The number of nitrogens with one attached hydrogen (secondary N) is 3. The number of hydrogen-bond donors (Lipinski definition) is 3. The zero-order valence-corrected chi connectivity index (χ0v) is 18.6. The number of carbonyl (C=O) groups is 2. The van der Waals surface area contributed by atoms with Gasteiger partial charge in [0.15, 0.2) is 0 Å². The van der Waals surface area contributed by atoms with Crippen LogP contribution in [0.3, 0.4) is 0 Å². The lowest BCUT2D eigenvalue weighted by atomic mass is 9.94. The van der Waals surface area contributed by atoms with E-state index in [2.05, 4.69) is 16.0 Å². The lowest BCUT2D eigenvalue weighted by Crippen LogP contribution is -2.45. The minimum Gasteiger partial charge on any atom is -0.457 e. The van der Waals surface area contributed by atoms with E-state index in [9.17, 15) is 19.7 Å². The molecule has 0 bridgehead atoms. The summed E-state index contributed by atoms with van der Waals surface area (Å²) in [5, 5.41) is 19.7. The molecule has 0 radical (unpaired) electrons. The fourth-order valence-electron chi connectivity index (χ4n) is 3.54. The third-order valence-electron chi connectivity index (χ3n) is 5.07. The highest BCUT2D eigenvalue weighted by atomic mass is 35.5. The highest BCUT2D eigenvalue weighted by Gasteiger charge is 2.31. The molecule has 0 aromatic heterocycles. The molecule has 1 heterocycles. The number of halogens is 1. The predicted molar refractivity (Wildman–Crippen MR) is 127 cm³/mol. The van der Waals surface area contributed by atoms with Crippen LogP contribution in [0, 0.1) is 10.1 Å². The lowest BCUT2D eigenvalue weighted by Gasteiger charge is -2.29. The number of ether oxygens (including phenoxy) is 1. The van der Waals surface area contributed by atoms with Gasteiger partial charge in [0.25, 0.3) is 11.6 Å². The standard InChI is InChI=1S/C24H19ClN4O5/c1-14-21(23(30)27-17-5-3-6-18(13-17)29(32)33)22(28-24(31)26-14)15-4-2-7-20(12-15)34-19-10-8-16(25)9-11-19/h2-13,22H,1H3,(H,27,30)(H2,26,28,31). The Kier molecular flexibility index (Phi) is 6.46. The first-order valence-electron chi connectivity index (χ1n) is 10.2. The number of nitrogens with zero attached hydrogens (tertiary/aromatic N) is 1. The van der Waals surface area contributed by atoms with Gasteiger partial charge in [0.1, 0.15) is 11.5 Å². The van der Waals surface area contributed by atoms with Crippen molar-refractivity contribution in [3.05, 3.63) is 105 Å². The number of hydrogen-bond acceptors (Lipinski definition) is 5. The molecule has 3 amide bonds. The number of urea groups is 1. The van der Waals surface area contributed by atoms with Crippen molar-refractivity contribution in [1.82, 2.24) is 10.6 Å². The minimum atomic E-state index is -0.777. The molecule has 0 aliphatic carbocycles. The molecule has 1 aliphatic rings. The van der Waals surface area contributed by atoms with Crippen molar-refractivity contribution in [3.63, 3.8) is 0 Å². The Morgan fingerprint density at radius 1 is 1.06 bits per heavy atom. The second kappa shape index (κ2) is 9.63. The van der Waals surface area contributed by atoms with Gasteiger partial charge in [-0.2, -0.15) is 0 Å². The van der Waals surface area contributed by atoms with Crippen molar-refractivity contribution in [3.8, 4) is 11.5 Å². The molecule has 0 spiro atoms. The number of non-ortho nitro benzene ring substituents is 1. The van der Waals surface area contributed by atoms with Gasteiger partial charge in [-0.25, -0.2) is 4.79 Å². The van der Waals surface area contributed by atoms with Crippen molar-refractivity contribution in [2.45, 2.75) is 13.0 Å². The molecule has 3 N–H and O–H groups in total. The first-order valence-corrected chi connectivity index (χ1v) is 10.6. The maximum Gasteiger partial charge on any atom is 0.319 e. The van der Waals surface area contributed by atoms with Crippen LogP contribution in [0.4, 0.5) is 16.2 Å². The summed E-state index contributed by atoms with van der Waals surface area (Å²) in [6.45, 7) is 1.61. The van der Waals surface area contributed by atoms with Gasteiger partial charge in [-0.15, -0.1) is 0 Å². The van der Waals surface area contributed by atoms with Crippen LogP contribution < -0.4 is 20.7 Å². The van der Waals surface area contributed by atoms with Gasteiger partial charge in [-0.3, -0.25) is 14.9 Å². The average Bonchev–Trinajstić information content (AvgIpc) is 2.80. The molecule has 172 valence electrons. The maximum absolute atomic E-state index is 13.2. The Morgan fingerprint density at radius 3 is 2.53 bits per heavy atom. The number of carbonyl (C=O) groups excluding carboxylic acids is 2. The number of anilines is 1.